The molecule has 0 heterocycles. The normalized spacial score (nSPS) is 13.5. The third-order valence-corrected chi connectivity index (χ3v) is 1.79. The smallest absolute Gasteiger partial charge is 0.389 e. The van der Waals surface area contributed by atoms with Crippen molar-refractivity contribution in [3.8, 4) is 0 Å². The average Bonchev–Trinajstić information content (AvgIpc) is 2.18. The standard InChI is InChI=1S/C5H8ClFN2O6/c6-1-4(10)2-15-5(3-7,8(11)12)9(13)14/h4,10H,1-3H2. The van der Waals surface area contributed by atoms with Gasteiger partial charge in [-0.2, -0.15) is 0 Å². The van der Waals surface area contributed by atoms with Crippen molar-refractivity contribution in [1.82, 2.24) is 0 Å². The van der Waals surface area contributed by atoms with Crippen molar-refractivity contribution in [2.45, 2.75) is 12.0 Å². The first-order valence-corrected chi connectivity index (χ1v) is 4.17. The van der Waals surface area contributed by atoms with Crippen LogP contribution in [-0.4, -0.2) is 46.1 Å². The lowest BCUT2D eigenvalue weighted by Gasteiger charge is -2.15. The minimum atomic E-state index is -3.37. The van der Waals surface area contributed by atoms with E-state index in [0.717, 1.165) is 0 Å². The van der Waals surface area contributed by atoms with Gasteiger partial charge in [0.25, 0.3) is 6.67 Å². The van der Waals surface area contributed by atoms with Crippen molar-refractivity contribution in [2.24, 2.45) is 0 Å². The molecule has 88 valence electrons. The van der Waals surface area contributed by atoms with E-state index in [1.54, 1.807) is 0 Å². The number of ether oxygens (including phenoxy) is 1. The van der Waals surface area contributed by atoms with Crippen LogP contribution in [0.3, 0.4) is 0 Å². The Hall–Kier alpha value is -1.06. The highest BCUT2D eigenvalue weighted by molar-refractivity contribution is 6.18. The van der Waals surface area contributed by atoms with Crippen molar-refractivity contribution in [1.29, 1.82) is 0 Å². The second-order valence-corrected chi connectivity index (χ2v) is 2.82. The molecule has 0 radical (unpaired) electrons. The number of hydrogen-bond donors (Lipinski definition) is 1. The average molecular weight is 247 g/mol. The van der Waals surface area contributed by atoms with E-state index in [9.17, 15) is 24.6 Å². The first-order chi connectivity index (χ1) is 6.90. The second kappa shape index (κ2) is 5.73. The van der Waals surface area contributed by atoms with E-state index in [1.807, 2.05) is 0 Å². The zero-order chi connectivity index (χ0) is 12.1. The summed E-state index contributed by atoms with van der Waals surface area (Å²) in [5.41, 5.74) is 0. The van der Waals surface area contributed by atoms with E-state index in [1.165, 1.54) is 0 Å². The molecule has 0 bridgehead atoms. The van der Waals surface area contributed by atoms with Gasteiger partial charge in [0, 0.05) is 0 Å². The monoisotopic (exact) mass is 246 g/mol. The van der Waals surface area contributed by atoms with Gasteiger partial charge in [-0.15, -0.1) is 11.6 Å². The summed E-state index contributed by atoms with van der Waals surface area (Å²) in [6.45, 7) is -2.74. The highest BCUT2D eigenvalue weighted by Gasteiger charge is 2.59. The maximum atomic E-state index is 12.2. The Bertz CT molecular complexity index is 238. The Morgan fingerprint density at radius 2 is 1.93 bits per heavy atom. The summed E-state index contributed by atoms with van der Waals surface area (Å²) in [6, 6.07) is 0. The second-order valence-electron chi connectivity index (χ2n) is 2.51. The molecule has 0 aromatic heterocycles. The Labute approximate surface area is 87.9 Å². The molecule has 0 rings (SSSR count). The van der Waals surface area contributed by atoms with Crippen molar-refractivity contribution in [3.63, 3.8) is 0 Å². The molecule has 8 nitrogen and oxygen atoms in total. The Kier molecular flexibility index (Phi) is 5.33. The van der Waals surface area contributed by atoms with Gasteiger partial charge < -0.3 is 5.11 Å². The molecule has 0 saturated heterocycles. The molecule has 15 heavy (non-hydrogen) atoms. The van der Waals surface area contributed by atoms with E-state index >= 15 is 0 Å². The first kappa shape index (κ1) is 13.9. The van der Waals surface area contributed by atoms with Gasteiger partial charge >= 0.3 is 5.85 Å². The number of aliphatic hydroxyl groups excluding tert-OH is 1. The molecule has 1 unspecified atom stereocenters. The van der Waals surface area contributed by atoms with Crippen molar-refractivity contribution in [3.05, 3.63) is 20.2 Å². The summed E-state index contributed by atoms with van der Waals surface area (Å²) in [5, 5.41) is 29.4. The quantitative estimate of drug-likeness (QED) is 0.287. The van der Waals surface area contributed by atoms with Crippen LogP contribution in [0.5, 0.6) is 0 Å². The van der Waals surface area contributed by atoms with Crippen molar-refractivity contribution < 1.29 is 24.1 Å². The summed E-state index contributed by atoms with van der Waals surface area (Å²) >= 11 is 5.12. The van der Waals surface area contributed by atoms with Crippen LogP contribution in [0.2, 0.25) is 0 Å². The number of nitrogens with zero attached hydrogens (tertiary/aromatic N) is 2. The van der Waals surface area contributed by atoms with Crippen LogP contribution in [0, 0.1) is 20.2 Å². The van der Waals surface area contributed by atoms with E-state index in [2.05, 4.69) is 4.74 Å². The molecule has 0 aliphatic heterocycles. The lowest BCUT2D eigenvalue weighted by Crippen LogP contribution is -2.52. The zero-order valence-electron chi connectivity index (χ0n) is 7.34. The number of halogens is 2. The SMILES string of the molecule is O=[N+]([O-])C(CF)(OCC(O)CCl)[N+](=O)[O-]. The fraction of sp³-hybridized carbons (Fsp3) is 1.00. The van der Waals surface area contributed by atoms with Gasteiger partial charge in [0.15, 0.2) is 0 Å². The van der Waals surface area contributed by atoms with Gasteiger partial charge in [0.05, 0.1) is 18.6 Å². The minimum Gasteiger partial charge on any atom is -0.389 e. The molecular formula is C5H8ClFN2O6. The molecule has 1 atom stereocenters. The fourth-order valence-corrected chi connectivity index (χ4v) is 0.672. The zero-order valence-corrected chi connectivity index (χ0v) is 8.09. The molecule has 10 heteroatoms. The summed E-state index contributed by atoms with van der Waals surface area (Å²) in [7, 11) is 0. The molecular weight excluding hydrogens is 239 g/mol. The number of rotatable bonds is 7. The third kappa shape index (κ3) is 3.22. The maximum absolute atomic E-state index is 12.2. The highest BCUT2D eigenvalue weighted by Crippen LogP contribution is 2.14. The first-order valence-electron chi connectivity index (χ1n) is 3.63. The molecule has 0 aliphatic rings. The fourth-order valence-electron chi connectivity index (χ4n) is 0.582. The Morgan fingerprint density at radius 1 is 1.47 bits per heavy atom. The number of aliphatic hydroxyl groups is 1. The largest absolute Gasteiger partial charge is 0.607 e. The van der Waals surface area contributed by atoms with Gasteiger partial charge in [-0.3, -0.25) is 20.2 Å². The van der Waals surface area contributed by atoms with Crippen molar-refractivity contribution in [2.75, 3.05) is 19.2 Å². The van der Waals surface area contributed by atoms with Crippen LogP contribution in [-0.2, 0) is 4.74 Å². The lowest BCUT2D eigenvalue weighted by molar-refractivity contribution is -0.850. The number of nitro groups is 2. The van der Waals surface area contributed by atoms with E-state index in [4.69, 9.17) is 16.7 Å². The Morgan fingerprint density at radius 3 is 2.20 bits per heavy atom. The molecule has 0 amide bonds. The molecule has 0 spiro atoms. The maximum Gasteiger partial charge on any atom is 0.607 e. The van der Waals surface area contributed by atoms with Crippen LogP contribution in [0.1, 0.15) is 0 Å². The third-order valence-electron chi connectivity index (χ3n) is 1.43. The van der Waals surface area contributed by atoms with E-state index < -0.39 is 35.1 Å². The topological polar surface area (TPSA) is 116 Å². The van der Waals surface area contributed by atoms with Crippen LogP contribution < -0.4 is 0 Å². The number of hydrogen-bond acceptors (Lipinski definition) is 6. The van der Waals surface area contributed by atoms with Crippen LogP contribution in [0.4, 0.5) is 4.39 Å². The van der Waals surface area contributed by atoms with E-state index in [0.29, 0.717) is 0 Å². The molecule has 0 aromatic carbocycles. The van der Waals surface area contributed by atoms with Gasteiger partial charge in [0.2, 0.25) is 0 Å². The summed E-state index contributed by atoms with van der Waals surface area (Å²) in [4.78, 5) is 17.5. The van der Waals surface area contributed by atoms with Crippen molar-refractivity contribution >= 4 is 11.6 Å². The van der Waals surface area contributed by atoms with Crippen LogP contribution in [0.25, 0.3) is 0 Å². The van der Waals surface area contributed by atoms with Gasteiger partial charge in [-0.25, -0.2) is 9.13 Å². The highest BCUT2D eigenvalue weighted by atomic mass is 35.5. The van der Waals surface area contributed by atoms with Gasteiger partial charge in [-0.05, 0) is 0 Å². The van der Waals surface area contributed by atoms with Gasteiger partial charge in [-0.1, -0.05) is 0 Å². The van der Waals surface area contributed by atoms with E-state index in [-0.39, 0.29) is 5.88 Å². The molecule has 0 saturated carbocycles. The van der Waals surface area contributed by atoms with Gasteiger partial charge in [0.1, 0.15) is 9.85 Å². The van der Waals surface area contributed by atoms with Crippen LogP contribution in [0.15, 0.2) is 0 Å². The number of alkyl halides is 2. The molecule has 1 N–H and O–H groups in total. The minimum absolute atomic E-state index is 0.336. The summed E-state index contributed by atoms with van der Waals surface area (Å²) in [5.74, 6) is -3.70. The summed E-state index contributed by atoms with van der Waals surface area (Å²) < 4.78 is 16.4. The molecule has 0 aromatic rings. The molecule has 0 aliphatic carbocycles. The van der Waals surface area contributed by atoms with Crippen LogP contribution >= 0.6 is 11.6 Å². The summed E-state index contributed by atoms with van der Waals surface area (Å²) in [6.07, 6.45) is -1.34. The predicted molar refractivity (Wildman–Crippen MR) is 45.4 cm³/mol. The molecule has 0 fully saturated rings. The predicted octanol–water partition coefficient (Wildman–Crippen LogP) is -0.221. The lowest BCUT2D eigenvalue weighted by atomic mass is 10.4. The Balaban J connectivity index is 4.64.